The van der Waals surface area contributed by atoms with Crippen LogP contribution in [0.15, 0.2) is 35.5 Å². The maximum absolute atomic E-state index is 12.7. The number of nitrogens with zero attached hydrogens (tertiary/aromatic N) is 3. The number of urea groups is 1. The van der Waals surface area contributed by atoms with Gasteiger partial charge in [-0.3, -0.25) is 0 Å². The number of benzene rings is 1. The van der Waals surface area contributed by atoms with Crippen LogP contribution in [0.3, 0.4) is 0 Å². The summed E-state index contributed by atoms with van der Waals surface area (Å²) in [5.41, 5.74) is 1.66. The summed E-state index contributed by atoms with van der Waals surface area (Å²) in [7, 11) is 4.78. The van der Waals surface area contributed by atoms with E-state index in [9.17, 15) is 9.59 Å². The molecule has 0 aromatic heterocycles. The Morgan fingerprint density at radius 2 is 1.89 bits per heavy atom. The third-order valence-corrected chi connectivity index (χ3v) is 4.38. The van der Waals surface area contributed by atoms with Gasteiger partial charge in [0.25, 0.3) is 0 Å². The fourth-order valence-electron chi connectivity index (χ4n) is 2.87. The van der Waals surface area contributed by atoms with Gasteiger partial charge in [-0.05, 0) is 24.6 Å². The number of rotatable bonds is 7. The van der Waals surface area contributed by atoms with E-state index in [1.165, 1.54) is 16.9 Å². The van der Waals surface area contributed by atoms with Gasteiger partial charge in [0.1, 0.15) is 18.4 Å². The summed E-state index contributed by atoms with van der Waals surface area (Å²) >= 11 is 0. The Morgan fingerprint density at radius 1 is 1.22 bits per heavy atom. The largest absolute Gasteiger partial charge is 0.479 e. The molecule has 27 heavy (non-hydrogen) atoms. The van der Waals surface area contributed by atoms with Gasteiger partial charge < -0.3 is 24.0 Å². The molecule has 2 amide bonds. The molecule has 2 rings (SSSR count). The average Bonchev–Trinajstić information content (AvgIpc) is 2.68. The van der Waals surface area contributed by atoms with Crippen molar-refractivity contribution in [3.8, 4) is 11.8 Å². The van der Waals surface area contributed by atoms with Crippen molar-refractivity contribution in [2.24, 2.45) is 0 Å². The lowest BCUT2D eigenvalue weighted by Gasteiger charge is -2.39. The molecule has 1 aromatic rings. The Kier molecular flexibility index (Phi) is 6.79. The molecular formula is C19H23N3O5. The van der Waals surface area contributed by atoms with Crippen molar-refractivity contribution in [2.45, 2.75) is 13.0 Å². The molecule has 144 valence electrons. The van der Waals surface area contributed by atoms with Gasteiger partial charge in [-0.1, -0.05) is 12.1 Å². The quantitative estimate of drug-likeness (QED) is 0.537. The molecule has 0 saturated carbocycles. The first-order valence-corrected chi connectivity index (χ1v) is 8.39. The maximum atomic E-state index is 12.7. The summed E-state index contributed by atoms with van der Waals surface area (Å²) in [6, 6.07) is 8.02. The number of esters is 1. The highest BCUT2D eigenvalue weighted by Gasteiger charge is 2.39. The molecule has 0 aliphatic carbocycles. The molecule has 0 N–H and O–H groups in total. The number of hydrogen-bond acceptors (Lipinski definition) is 6. The van der Waals surface area contributed by atoms with Crippen LogP contribution in [0.1, 0.15) is 18.5 Å². The Bertz CT molecular complexity index is 767. The zero-order valence-electron chi connectivity index (χ0n) is 15.9. The molecule has 1 aliphatic rings. The molecule has 1 atom stereocenters. The molecule has 0 unspecified atom stereocenters. The lowest BCUT2D eigenvalue weighted by Crippen LogP contribution is -2.47. The Morgan fingerprint density at radius 3 is 2.48 bits per heavy atom. The van der Waals surface area contributed by atoms with E-state index in [0.29, 0.717) is 17.0 Å². The molecule has 0 radical (unpaired) electrons. The molecule has 0 fully saturated rings. The van der Waals surface area contributed by atoms with E-state index in [0.717, 1.165) is 5.56 Å². The third-order valence-electron chi connectivity index (χ3n) is 4.38. The Hall–Kier alpha value is -3.05. The van der Waals surface area contributed by atoms with Gasteiger partial charge in [-0.2, -0.15) is 5.26 Å². The zero-order valence-corrected chi connectivity index (χ0v) is 15.9. The normalized spacial score (nSPS) is 17.0. The van der Waals surface area contributed by atoms with E-state index in [1.807, 2.05) is 6.07 Å². The maximum Gasteiger partial charge on any atom is 0.338 e. The molecule has 8 nitrogen and oxygen atoms in total. The standard InChI is InChI=1S/C19H23N3O5/c1-13-16(18(23)27-12-11-25-4)17(22(3)19(24)21(13)2)14-5-7-15(8-6-14)26-10-9-20/h5-8,17H,10-12H2,1-4H3/t17-/m0/s1. The van der Waals surface area contributed by atoms with Crippen molar-refractivity contribution in [1.29, 1.82) is 5.26 Å². The van der Waals surface area contributed by atoms with Crippen LogP contribution >= 0.6 is 0 Å². The first kappa shape index (κ1) is 20.3. The van der Waals surface area contributed by atoms with Gasteiger partial charge in [0.05, 0.1) is 18.2 Å². The van der Waals surface area contributed by atoms with Gasteiger partial charge >= 0.3 is 12.0 Å². The summed E-state index contributed by atoms with van der Waals surface area (Å²) in [6.45, 7) is 2.08. The summed E-state index contributed by atoms with van der Waals surface area (Å²) < 4.78 is 15.5. The van der Waals surface area contributed by atoms with Gasteiger partial charge in [-0.25, -0.2) is 9.59 Å². The number of methoxy groups -OCH3 is 1. The Labute approximate surface area is 158 Å². The molecule has 1 aliphatic heterocycles. The van der Waals surface area contributed by atoms with Crippen LogP contribution in [0.25, 0.3) is 0 Å². The highest BCUT2D eigenvalue weighted by Crippen LogP contribution is 2.36. The minimum atomic E-state index is -0.589. The Balaban J connectivity index is 2.38. The molecule has 0 spiro atoms. The number of likely N-dealkylation sites (N-methyl/N-ethyl adjacent to an activating group) is 1. The van der Waals surface area contributed by atoms with E-state index in [-0.39, 0.29) is 25.9 Å². The highest BCUT2D eigenvalue weighted by molar-refractivity contribution is 5.94. The number of amides is 2. The summed E-state index contributed by atoms with van der Waals surface area (Å²) in [5, 5.41) is 8.60. The lowest BCUT2D eigenvalue weighted by atomic mass is 9.93. The highest BCUT2D eigenvalue weighted by atomic mass is 16.6. The van der Waals surface area contributed by atoms with Crippen LogP contribution in [-0.4, -0.2) is 62.8 Å². The second-order valence-corrected chi connectivity index (χ2v) is 6.00. The minimum absolute atomic E-state index is 0.0535. The van der Waals surface area contributed by atoms with Crippen LogP contribution in [0, 0.1) is 11.3 Å². The SMILES string of the molecule is COCCOC(=O)C1=C(C)N(C)C(=O)N(C)[C@H]1c1ccc(OCC#N)cc1. The van der Waals surface area contributed by atoms with Crippen molar-refractivity contribution >= 4 is 12.0 Å². The van der Waals surface area contributed by atoms with Crippen LogP contribution < -0.4 is 4.74 Å². The molecule has 1 heterocycles. The van der Waals surface area contributed by atoms with Crippen molar-refractivity contribution < 1.29 is 23.8 Å². The van der Waals surface area contributed by atoms with Crippen LogP contribution in [0.5, 0.6) is 5.75 Å². The molecule has 8 heteroatoms. The predicted octanol–water partition coefficient (Wildman–Crippen LogP) is 2.09. The topological polar surface area (TPSA) is 92.1 Å². The minimum Gasteiger partial charge on any atom is -0.479 e. The van der Waals surface area contributed by atoms with Crippen molar-refractivity contribution in [3.63, 3.8) is 0 Å². The average molecular weight is 373 g/mol. The lowest BCUT2D eigenvalue weighted by molar-refractivity contribution is -0.141. The van der Waals surface area contributed by atoms with Crippen molar-refractivity contribution in [2.75, 3.05) is 41.0 Å². The first-order valence-electron chi connectivity index (χ1n) is 8.39. The fraction of sp³-hybridized carbons (Fsp3) is 0.421. The number of nitriles is 1. The number of carbonyl (C=O) groups excluding carboxylic acids is 2. The number of ether oxygens (including phenoxy) is 3. The smallest absolute Gasteiger partial charge is 0.338 e. The van der Waals surface area contributed by atoms with Gasteiger partial charge in [0, 0.05) is 26.9 Å². The van der Waals surface area contributed by atoms with Crippen molar-refractivity contribution in [1.82, 2.24) is 9.80 Å². The monoisotopic (exact) mass is 373 g/mol. The molecule has 1 aromatic carbocycles. The fourth-order valence-corrected chi connectivity index (χ4v) is 2.87. The van der Waals surface area contributed by atoms with Crippen LogP contribution in [-0.2, 0) is 14.3 Å². The van der Waals surface area contributed by atoms with E-state index < -0.39 is 12.0 Å². The number of allylic oxidation sites excluding steroid dienone is 1. The van der Waals surface area contributed by atoms with Gasteiger partial charge in [0.2, 0.25) is 0 Å². The number of hydrogen-bond donors (Lipinski definition) is 0. The second kappa shape index (κ2) is 9.05. The van der Waals surface area contributed by atoms with E-state index >= 15 is 0 Å². The summed E-state index contributed by atoms with van der Waals surface area (Å²) in [4.78, 5) is 28.2. The summed E-state index contributed by atoms with van der Waals surface area (Å²) in [5.74, 6) is 0.0395. The predicted molar refractivity (Wildman–Crippen MR) is 96.7 cm³/mol. The molecule has 0 saturated heterocycles. The summed E-state index contributed by atoms with van der Waals surface area (Å²) in [6.07, 6.45) is 0. The second-order valence-electron chi connectivity index (χ2n) is 6.00. The van der Waals surface area contributed by atoms with E-state index in [2.05, 4.69) is 0 Å². The van der Waals surface area contributed by atoms with Gasteiger partial charge in [0.15, 0.2) is 6.61 Å². The van der Waals surface area contributed by atoms with E-state index in [1.54, 1.807) is 45.3 Å². The van der Waals surface area contributed by atoms with Crippen molar-refractivity contribution in [3.05, 3.63) is 41.1 Å². The molecular weight excluding hydrogens is 350 g/mol. The van der Waals surface area contributed by atoms with Crippen LogP contribution in [0.2, 0.25) is 0 Å². The zero-order chi connectivity index (χ0) is 20.0. The third kappa shape index (κ3) is 4.38. The first-order chi connectivity index (χ1) is 12.9. The number of carbonyl (C=O) groups is 2. The van der Waals surface area contributed by atoms with Crippen LogP contribution in [0.4, 0.5) is 4.79 Å². The van der Waals surface area contributed by atoms with Gasteiger partial charge in [-0.15, -0.1) is 0 Å². The van der Waals surface area contributed by atoms with E-state index in [4.69, 9.17) is 19.5 Å². The molecule has 0 bridgehead atoms.